The fourth-order valence-electron chi connectivity index (χ4n) is 10.3. The van der Waals surface area contributed by atoms with Gasteiger partial charge in [0.1, 0.15) is 11.5 Å². The molecule has 130 heavy (non-hydrogen) atoms. The van der Waals surface area contributed by atoms with Crippen molar-refractivity contribution in [3.8, 4) is 11.5 Å². The SMILES string of the molecule is CCc1ccc(C(=O)NNC(=O)Nc2cccc(Cl)c2)cc1.COc1ccc(C(=O)CNC(=S)Nc2ccccc2C)cc1.COc1ccc(C(=O)NNC(=O)Nc2ccc(C)c(Cl)c2)cc1.Cc1ccc(C(=O)NNC(=O)Nc2ccc(Cl)c(Cl)c2)cc1.Cc1ccc(C(=O)NNC(=O)Nc2cccc(Cl)c2)cc1.Cc1ccc(C(=O)NNC(=S)Nc2ccccc2)cc1. The van der Waals surface area contributed by atoms with Crippen molar-refractivity contribution in [3.05, 3.63) is 377 Å². The van der Waals surface area contributed by atoms with Gasteiger partial charge < -0.3 is 46.7 Å². The van der Waals surface area contributed by atoms with Crippen molar-refractivity contribution in [2.24, 2.45) is 0 Å². The number of anilines is 6. The van der Waals surface area contributed by atoms with Gasteiger partial charge in [-0.3, -0.25) is 61.3 Å². The number of hydrogen-bond acceptors (Lipinski definition) is 14. The van der Waals surface area contributed by atoms with Gasteiger partial charge in [-0.15, -0.1) is 0 Å². The third-order valence-corrected chi connectivity index (χ3v) is 19.5. The number of hydrogen-bond donors (Lipinski definition) is 17. The van der Waals surface area contributed by atoms with Crippen molar-refractivity contribution in [2.75, 3.05) is 52.7 Å². The van der Waals surface area contributed by atoms with Crippen molar-refractivity contribution in [1.82, 2.24) is 59.6 Å². The Kier molecular flexibility index (Phi) is 42.7. The van der Waals surface area contributed by atoms with E-state index in [4.69, 9.17) is 91.9 Å². The first-order valence-corrected chi connectivity index (χ1v) is 41.9. The maximum absolute atomic E-state index is 12.1. The molecule has 12 rings (SSSR count). The average molecular weight is 1890 g/mol. The molecule has 36 heteroatoms. The molecular weight excluding hydrogens is 1800 g/mol. The quantitative estimate of drug-likeness (QED) is 0.0229. The molecule has 0 fully saturated rings. The minimum Gasteiger partial charge on any atom is -0.497 e. The number of ether oxygens (including phenoxy) is 2. The van der Waals surface area contributed by atoms with Crippen LogP contribution in [0.1, 0.15) is 102 Å². The highest BCUT2D eigenvalue weighted by atomic mass is 35.5. The highest BCUT2D eigenvalue weighted by Gasteiger charge is 2.15. The minimum atomic E-state index is -0.598. The first-order chi connectivity index (χ1) is 62.3. The van der Waals surface area contributed by atoms with Gasteiger partial charge in [0.05, 0.1) is 30.8 Å². The van der Waals surface area contributed by atoms with Gasteiger partial charge in [-0.05, 0) is 264 Å². The fraction of sp³-hybridized carbons (Fsp3) is 0.106. The van der Waals surface area contributed by atoms with E-state index in [1.807, 2.05) is 145 Å². The van der Waals surface area contributed by atoms with Gasteiger partial charge >= 0.3 is 24.1 Å². The van der Waals surface area contributed by atoms with E-state index in [0.29, 0.717) is 97.2 Å². The van der Waals surface area contributed by atoms with Gasteiger partial charge in [0.25, 0.3) is 29.5 Å². The summed E-state index contributed by atoms with van der Waals surface area (Å²) in [7, 11) is 3.13. The lowest BCUT2D eigenvalue weighted by molar-refractivity contribution is 0.0931. The lowest BCUT2D eigenvalue weighted by atomic mass is 10.1. The van der Waals surface area contributed by atoms with Crippen LogP contribution >= 0.6 is 82.4 Å². The molecule has 12 aromatic rings. The number of nitrogens with one attached hydrogen (secondary N) is 17. The van der Waals surface area contributed by atoms with Gasteiger partial charge in [0, 0.05) is 82.6 Å². The van der Waals surface area contributed by atoms with Gasteiger partial charge in [-0.25, -0.2) is 40.9 Å². The van der Waals surface area contributed by atoms with Crippen LogP contribution < -0.4 is 101 Å². The Hall–Kier alpha value is -14.8. The van der Waals surface area contributed by atoms with Crippen LogP contribution in [0, 0.1) is 34.6 Å². The lowest BCUT2D eigenvalue weighted by Gasteiger charge is -2.12. The van der Waals surface area contributed by atoms with Gasteiger partial charge in [-0.1, -0.05) is 185 Å². The minimum absolute atomic E-state index is 0.0309. The summed E-state index contributed by atoms with van der Waals surface area (Å²) in [6.07, 6.45) is 0.905. The first-order valence-electron chi connectivity index (χ1n) is 39.2. The van der Waals surface area contributed by atoms with E-state index in [2.05, 4.69) is 91.5 Å². The molecule has 0 radical (unpaired) electrons. The van der Waals surface area contributed by atoms with Gasteiger partial charge in [0.15, 0.2) is 16.0 Å². The molecule has 0 aliphatic heterocycles. The second kappa shape index (κ2) is 54.3. The van der Waals surface area contributed by atoms with Crippen LogP contribution in [-0.2, 0) is 6.42 Å². The molecule has 29 nitrogen and oxygen atoms in total. The Morgan fingerprint density at radius 2 is 0.638 bits per heavy atom. The highest BCUT2D eigenvalue weighted by molar-refractivity contribution is 7.80. The molecular formula is C94H92Cl5N17O12S2. The third kappa shape index (κ3) is 37.8. The molecule has 0 aliphatic rings. The maximum atomic E-state index is 12.1. The molecule has 0 aliphatic carbocycles. The number of methoxy groups -OCH3 is 2. The van der Waals surface area contributed by atoms with E-state index in [1.165, 1.54) is 13.2 Å². The monoisotopic (exact) mass is 1890 g/mol. The summed E-state index contributed by atoms with van der Waals surface area (Å²) in [6.45, 7) is 11.9. The van der Waals surface area contributed by atoms with Crippen molar-refractivity contribution in [2.45, 2.75) is 48.0 Å². The van der Waals surface area contributed by atoms with Crippen LogP contribution in [0.25, 0.3) is 0 Å². The Morgan fingerprint density at radius 1 is 0.292 bits per heavy atom. The molecule has 0 heterocycles. The Morgan fingerprint density at radius 3 is 1.02 bits per heavy atom. The number of ketones is 1. The molecule has 0 spiro atoms. The van der Waals surface area contributed by atoms with E-state index in [9.17, 15) is 47.9 Å². The topological polar surface area (TPSA) is 394 Å². The zero-order valence-corrected chi connectivity index (χ0v) is 76.6. The normalized spacial score (nSPS) is 9.85. The molecule has 0 atom stereocenters. The zero-order chi connectivity index (χ0) is 94.4. The van der Waals surface area contributed by atoms with Gasteiger partial charge in [0.2, 0.25) is 0 Å². The van der Waals surface area contributed by atoms with E-state index < -0.39 is 41.8 Å². The second-order valence-electron chi connectivity index (χ2n) is 27.3. The van der Waals surface area contributed by atoms with Crippen molar-refractivity contribution >= 4 is 186 Å². The van der Waals surface area contributed by atoms with Gasteiger partial charge in [-0.2, -0.15) is 0 Å². The van der Waals surface area contributed by atoms with Crippen molar-refractivity contribution in [1.29, 1.82) is 0 Å². The smallest absolute Gasteiger partial charge is 0.337 e. The zero-order valence-electron chi connectivity index (χ0n) is 71.2. The molecule has 0 aromatic heterocycles. The Labute approximate surface area is 786 Å². The molecule has 672 valence electrons. The van der Waals surface area contributed by atoms with Crippen molar-refractivity contribution < 1.29 is 57.4 Å². The third-order valence-electron chi connectivity index (χ3n) is 17.4. The van der Waals surface area contributed by atoms with Crippen LogP contribution in [-0.4, -0.2) is 90.4 Å². The summed E-state index contributed by atoms with van der Waals surface area (Å²) in [6, 6.07) is 80.1. The highest BCUT2D eigenvalue weighted by Crippen LogP contribution is 2.26. The fourth-order valence-corrected chi connectivity index (χ4v) is 11.5. The number of carbonyl (C=O) groups excluding carboxylic acids is 10. The number of benzene rings is 12. The van der Waals surface area contributed by atoms with E-state index >= 15 is 0 Å². The number of aryl methyl sites for hydroxylation is 6. The number of amides is 13. The molecule has 13 amide bonds. The van der Waals surface area contributed by atoms with E-state index in [1.54, 1.807) is 183 Å². The second-order valence-corrected chi connectivity index (χ2v) is 30.2. The summed E-state index contributed by atoms with van der Waals surface area (Å²) in [5.74, 6) is -0.530. The first kappa shape index (κ1) is 102. The summed E-state index contributed by atoms with van der Waals surface area (Å²) in [5.41, 5.74) is 36.7. The van der Waals surface area contributed by atoms with Crippen LogP contribution in [0.5, 0.6) is 11.5 Å². The number of halogens is 5. The Balaban J connectivity index is 0.000000214. The van der Waals surface area contributed by atoms with E-state index in [-0.39, 0.29) is 24.1 Å². The average Bonchev–Trinajstić information content (AvgIpc) is 0.850. The number of rotatable bonds is 17. The molecule has 0 saturated heterocycles. The number of urea groups is 4. The van der Waals surface area contributed by atoms with Crippen LogP contribution in [0.3, 0.4) is 0 Å². The lowest BCUT2D eigenvalue weighted by Crippen LogP contribution is -2.43. The van der Waals surface area contributed by atoms with Crippen LogP contribution in [0.15, 0.2) is 285 Å². The van der Waals surface area contributed by atoms with Crippen molar-refractivity contribution in [3.63, 3.8) is 0 Å². The van der Waals surface area contributed by atoms with Crippen LogP contribution in [0.4, 0.5) is 53.3 Å². The summed E-state index contributed by atoms with van der Waals surface area (Å²) >= 11 is 39.5. The number of Topliss-reactive ketones (excluding diaryl/α,β-unsaturated/α-hetero) is 1. The molecule has 0 saturated carbocycles. The predicted octanol–water partition coefficient (Wildman–Crippen LogP) is 19.2. The molecule has 0 bridgehead atoms. The number of thiocarbonyl (C=S) groups is 2. The number of hydrazine groups is 5. The van der Waals surface area contributed by atoms with E-state index in [0.717, 1.165) is 56.9 Å². The predicted molar refractivity (Wildman–Crippen MR) is 522 cm³/mol. The largest absolute Gasteiger partial charge is 0.497 e. The molecule has 12 aromatic carbocycles. The summed E-state index contributed by atoms with van der Waals surface area (Å²) < 4.78 is 10.1. The number of para-hydroxylation sites is 2. The Bertz CT molecular complexity index is 5860. The summed E-state index contributed by atoms with van der Waals surface area (Å²) in [5, 5.41) is 22.2. The molecule has 0 unspecified atom stereocenters. The molecule has 17 N–H and O–H groups in total. The standard InChI is InChI=1S/C17H18N2O2S.C16H16ClN3O3.C16H16ClN3O2.C15H13Cl2N3O2.C15H14ClN3O2.C15H15N3OS/c1-12-5-3-4-6-15(12)19-17(22)18-11-16(20)13-7-9-14(21-2)10-8-13;1-10-3-6-12(9-14(10)17)18-16(22)20-19-15(21)11-4-7-13(23-2)8-5-11;1-2-11-6-8-12(9-7-11)15(21)19-20-16(22)18-14-5-3-4-13(17)10-14;1-9-2-4-10(5-3-9)14(21)19-20-15(22)18-11-6-7-12(16)13(17)8-11;1-10-5-7-11(8-6-10)14(20)18-19-15(21)17-13-4-2-3-12(16)9-13;1-11-7-9-12(10-8-11)14(19)17-18-15(20)16-13-5-3-2-4-6-13/h3-10H,11H2,1-2H3,(H2,18,19,22);3-9H,1-2H3,(H,19,21)(H2,18,20,22);3-10H,2H2,1H3,(H,19,21)(H2,18,20,22);2-8H,1H3,(H,19,21)(H2,18,20,22);2-9H,1H3,(H,18,20)(H2,17,19,21);2-10H,1H3,(H,17,19)(H2,16,18,20). The van der Waals surface area contributed by atoms with Crippen LogP contribution in [0.2, 0.25) is 25.1 Å². The summed E-state index contributed by atoms with van der Waals surface area (Å²) in [4.78, 5) is 118. The number of carbonyl (C=O) groups is 10. The maximum Gasteiger partial charge on any atom is 0.337 e.